The van der Waals surface area contributed by atoms with Gasteiger partial charge in [0, 0.05) is 17.0 Å². The van der Waals surface area contributed by atoms with Crippen LogP contribution in [0, 0.1) is 6.92 Å². The number of hydrogen-bond acceptors (Lipinski definition) is 5. The Hall–Kier alpha value is -1.75. The van der Waals surface area contributed by atoms with E-state index in [4.69, 9.17) is 5.73 Å². The summed E-state index contributed by atoms with van der Waals surface area (Å²) in [5.74, 6) is 0.563. The highest BCUT2D eigenvalue weighted by molar-refractivity contribution is 7.26. The van der Waals surface area contributed by atoms with E-state index in [9.17, 15) is 0 Å². The van der Waals surface area contributed by atoms with Crippen molar-refractivity contribution in [2.24, 2.45) is 0 Å². The van der Waals surface area contributed by atoms with Crippen molar-refractivity contribution in [1.29, 1.82) is 0 Å². The number of anilines is 1. The summed E-state index contributed by atoms with van der Waals surface area (Å²) in [6.07, 6.45) is 1.72. The molecule has 0 saturated carbocycles. The molecule has 0 radical (unpaired) electrons. The SMILES string of the molecule is Cc1cc2c(nn1)sc1c(N)nccc12. The third kappa shape index (κ3) is 1.16. The lowest BCUT2D eigenvalue weighted by Crippen LogP contribution is -1.87. The predicted molar refractivity (Wildman–Crippen MR) is 61.9 cm³/mol. The largest absolute Gasteiger partial charge is 0.383 e. The molecule has 5 heteroatoms. The van der Waals surface area contributed by atoms with Crippen molar-refractivity contribution >= 4 is 37.5 Å². The minimum atomic E-state index is 0.563. The number of aromatic nitrogens is 3. The zero-order valence-corrected chi connectivity index (χ0v) is 8.88. The lowest BCUT2D eigenvalue weighted by molar-refractivity contribution is 1.03. The molecule has 0 unspecified atom stereocenters. The Labute approximate surface area is 89.8 Å². The van der Waals surface area contributed by atoms with Crippen LogP contribution >= 0.6 is 11.3 Å². The van der Waals surface area contributed by atoms with Crippen molar-refractivity contribution in [1.82, 2.24) is 15.2 Å². The second-order valence-corrected chi connectivity index (χ2v) is 4.38. The highest BCUT2D eigenvalue weighted by Gasteiger charge is 2.09. The summed E-state index contributed by atoms with van der Waals surface area (Å²) in [5, 5.41) is 10.4. The van der Waals surface area contributed by atoms with E-state index in [-0.39, 0.29) is 0 Å². The first-order valence-corrected chi connectivity index (χ1v) is 5.34. The molecule has 2 N–H and O–H groups in total. The monoisotopic (exact) mass is 216 g/mol. The molecule has 0 atom stereocenters. The lowest BCUT2D eigenvalue weighted by Gasteiger charge is -1.93. The molecule has 0 fully saturated rings. The Morgan fingerprint density at radius 1 is 1.27 bits per heavy atom. The van der Waals surface area contributed by atoms with E-state index in [0.29, 0.717) is 5.82 Å². The number of aryl methyl sites for hydroxylation is 1. The number of rotatable bonds is 0. The van der Waals surface area contributed by atoms with Gasteiger partial charge in [0.1, 0.15) is 10.6 Å². The average molecular weight is 216 g/mol. The summed E-state index contributed by atoms with van der Waals surface area (Å²) in [6.45, 7) is 1.93. The molecule has 0 aliphatic heterocycles. The molecule has 74 valence electrons. The number of nitrogens with zero attached hydrogens (tertiary/aromatic N) is 3. The molecule has 3 rings (SSSR count). The molecule has 0 spiro atoms. The molecular formula is C10H8N4S. The molecule has 0 amide bonds. The van der Waals surface area contributed by atoms with Gasteiger partial charge in [-0.2, -0.15) is 5.10 Å². The fourth-order valence-corrected chi connectivity index (χ4v) is 2.63. The summed E-state index contributed by atoms with van der Waals surface area (Å²) in [4.78, 5) is 4.98. The normalized spacial score (nSPS) is 11.3. The first-order valence-electron chi connectivity index (χ1n) is 4.53. The Bertz CT molecular complexity index is 659. The second-order valence-electron chi connectivity index (χ2n) is 3.38. The zero-order valence-electron chi connectivity index (χ0n) is 8.06. The van der Waals surface area contributed by atoms with E-state index < -0.39 is 0 Å². The van der Waals surface area contributed by atoms with Gasteiger partial charge < -0.3 is 5.73 Å². The summed E-state index contributed by atoms with van der Waals surface area (Å²) in [5.41, 5.74) is 6.72. The number of fused-ring (bicyclic) bond motifs is 3. The highest BCUT2D eigenvalue weighted by Crippen LogP contribution is 2.34. The molecule has 0 aromatic carbocycles. The molecule has 0 saturated heterocycles. The van der Waals surface area contributed by atoms with E-state index in [1.54, 1.807) is 6.20 Å². The molecule has 0 aliphatic carbocycles. The molecule has 15 heavy (non-hydrogen) atoms. The van der Waals surface area contributed by atoms with E-state index in [2.05, 4.69) is 15.2 Å². The van der Waals surface area contributed by atoms with Gasteiger partial charge in [-0.25, -0.2) is 4.98 Å². The van der Waals surface area contributed by atoms with Gasteiger partial charge in [-0.3, -0.25) is 0 Å². The lowest BCUT2D eigenvalue weighted by atomic mass is 10.2. The zero-order chi connectivity index (χ0) is 10.4. The summed E-state index contributed by atoms with van der Waals surface area (Å²) >= 11 is 1.54. The van der Waals surface area contributed by atoms with Gasteiger partial charge in [0.15, 0.2) is 0 Å². The molecular weight excluding hydrogens is 208 g/mol. The Balaban J connectivity index is 2.58. The highest BCUT2D eigenvalue weighted by atomic mass is 32.1. The van der Waals surface area contributed by atoms with Crippen LogP contribution in [0.2, 0.25) is 0 Å². The van der Waals surface area contributed by atoms with Crippen molar-refractivity contribution in [2.75, 3.05) is 5.73 Å². The van der Waals surface area contributed by atoms with Crippen molar-refractivity contribution in [3.63, 3.8) is 0 Å². The van der Waals surface area contributed by atoms with Crippen molar-refractivity contribution in [2.45, 2.75) is 6.92 Å². The maximum absolute atomic E-state index is 5.81. The minimum Gasteiger partial charge on any atom is -0.383 e. The summed E-state index contributed by atoms with van der Waals surface area (Å²) < 4.78 is 0.993. The van der Waals surface area contributed by atoms with Gasteiger partial charge in [0.25, 0.3) is 0 Å². The van der Waals surface area contributed by atoms with Crippen molar-refractivity contribution in [3.05, 3.63) is 24.0 Å². The van der Waals surface area contributed by atoms with Gasteiger partial charge in [0.2, 0.25) is 0 Å². The number of pyridine rings is 1. The fourth-order valence-electron chi connectivity index (χ4n) is 1.63. The van der Waals surface area contributed by atoms with E-state index in [1.165, 1.54) is 11.3 Å². The van der Waals surface area contributed by atoms with Crippen LogP contribution in [-0.4, -0.2) is 15.2 Å². The molecule has 4 nitrogen and oxygen atoms in total. The van der Waals surface area contributed by atoms with Crippen LogP contribution in [0.25, 0.3) is 20.3 Å². The number of thiophene rings is 1. The van der Waals surface area contributed by atoms with Crippen molar-refractivity contribution in [3.8, 4) is 0 Å². The third-order valence-electron chi connectivity index (χ3n) is 2.30. The van der Waals surface area contributed by atoms with Crippen molar-refractivity contribution < 1.29 is 0 Å². The predicted octanol–water partition coefficient (Wildman–Crippen LogP) is 2.13. The Morgan fingerprint density at radius 3 is 3.00 bits per heavy atom. The van der Waals surface area contributed by atoms with E-state index in [1.807, 2.05) is 19.1 Å². The average Bonchev–Trinajstić information content (AvgIpc) is 2.58. The van der Waals surface area contributed by atoms with Crippen LogP contribution in [0.5, 0.6) is 0 Å². The molecule has 3 aromatic heterocycles. The number of nitrogens with two attached hydrogens (primary N) is 1. The number of nitrogen functional groups attached to an aromatic ring is 1. The Kier molecular flexibility index (Phi) is 1.63. The van der Waals surface area contributed by atoms with E-state index in [0.717, 1.165) is 26.0 Å². The van der Waals surface area contributed by atoms with E-state index >= 15 is 0 Å². The Morgan fingerprint density at radius 2 is 2.13 bits per heavy atom. The first-order chi connectivity index (χ1) is 7.25. The van der Waals surface area contributed by atoms with Crippen LogP contribution in [0.1, 0.15) is 5.69 Å². The van der Waals surface area contributed by atoms with Gasteiger partial charge in [-0.15, -0.1) is 16.4 Å². The van der Waals surface area contributed by atoms with Gasteiger partial charge in [-0.05, 0) is 19.1 Å². The van der Waals surface area contributed by atoms with Gasteiger partial charge in [-0.1, -0.05) is 0 Å². The molecule has 0 aliphatic rings. The maximum Gasteiger partial charge on any atom is 0.147 e. The molecule has 0 bridgehead atoms. The molecule has 3 aromatic rings. The standard InChI is InChI=1S/C10H8N4S/c1-5-4-7-6-2-3-12-9(11)8(6)15-10(7)14-13-5/h2-4H,1H3,(H2,11,12). The fraction of sp³-hybridized carbons (Fsp3) is 0.100. The van der Waals surface area contributed by atoms with Gasteiger partial charge >= 0.3 is 0 Å². The first kappa shape index (κ1) is 8.55. The summed E-state index contributed by atoms with van der Waals surface area (Å²) in [7, 11) is 0. The quantitative estimate of drug-likeness (QED) is 0.625. The van der Waals surface area contributed by atoms with Crippen LogP contribution in [-0.2, 0) is 0 Å². The van der Waals surface area contributed by atoms with Crippen LogP contribution in [0.15, 0.2) is 18.3 Å². The molecule has 3 heterocycles. The third-order valence-corrected chi connectivity index (χ3v) is 3.43. The van der Waals surface area contributed by atoms with Crippen LogP contribution in [0.4, 0.5) is 5.82 Å². The maximum atomic E-state index is 5.81. The topological polar surface area (TPSA) is 64.7 Å². The second kappa shape index (κ2) is 2.87. The van der Waals surface area contributed by atoms with Gasteiger partial charge in [0.05, 0.1) is 10.4 Å². The van der Waals surface area contributed by atoms with Crippen LogP contribution in [0.3, 0.4) is 0 Å². The summed E-state index contributed by atoms with van der Waals surface area (Å²) in [6, 6.07) is 3.99. The minimum absolute atomic E-state index is 0.563. The number of hydrogen-bond donors (Lipinski definition) is 1. The smallest absolute Gasteiger partial charge is 0.147 e. The van der Waals surface area contributed by atoms with Crippen LogP contribution < -0.4 is 5.73 Å².